The molecule has 0 spiro atoms. The second-order valence-corrected chi connectivity index (χ2v) is 9.08. The van der Waals surface area contributed by atoms with Crippen LogP contribution in [0, 0.1) is 17.2 Å². The molecule has 0 aromatic heterocycles. The highest BCUT2D eigenvalue weighted by atomic mass is 16.6. The molecule has 2 bridgehead atoms. The molecule has 9 heteroatoms. The Morgan fingerprint density at radius 3 is 2.47 bits per heavy atom. The number of hydrogen-bond donors (Lipinski definition) is 0. The highest BCUT2D eigenvalue weighted by Gasteiger charge is 2.34. The minimum Gasteiger partial charge on any atom is -0.490 e. The number of methoxy groups -OCH3 is 2. The van der Waals surface area contributed by atoms with Crippen LogP contribution >= 0.6 is 0 Å². The molecular formula is C25H35N3O6. The van der Waals surface area contributed by atoms with Crippen LogP contribution in [0.4, 0.5) is 0 Å². The Balaban J connectivity index is 1.96. The van der Waals surface area contributed by atoms with E-state index in [0.29, 0.717) is 24.3 Å². The van der Waals surface area contributed by atoms with E-state index in [1.54, 1.807) is 38.2 Å². The molecule has 9 nitrogen and oxygen atoms in total. The maximum absolute atomic E-state index is 13.4. The molecule has 186 valence electrons. The number of likely N-dealkylation sites (N-methyl/N-ethyl adjacent to an activating group) is 1. The molecule has 2 heterocycles. The zero-order chi connectivity index (χ0) is 24.8. The summed E-state index contributed by atoms with van der Waals surface area (Å²) in [6.45, 7) is 2.80. The van der Waals surface area contributed by atoms with Crippen molar-refractivity contribution in [2.24, 2.45) is 5.92 Å². The first kappa shape index (κ1) is 25.9. The van der Waals surface area contributed by atoms with Crippen LogP contribution in [0.15, 0.2) is 18.2 Å². The van der Waals surface area contributed by atoms with E-state index in [1.807, 2.05) is 6.92 Å². The van der Waals surface area contributed by atoms with Gasteiger partial charge in [-0.3, -0.25) is 9.59 Å². The van der Waals surface area contributed by atoms with E-state index >= 15 is 0 Å². The van der Waals surface area contributed by atoms with Crippen LogP contribution in [0.3, 0.4) is 0 Å². The van der Waals surface area contributed by atoms with Crippen molar-refractivity contribution in [2.75, 3.05) is 48.0 Å². The Hall–Kier alpha value is -2.67. The average Bonchev–Trinajstić information content (AvgIpc) is 2.86. The molecule has 5 atom stereocenters. The minimum atomic E-state index is -0.488. The Morgan fingerprint density at radius 2 is 1.79 bits per heavy atom. The molecule has 34 heavy (non-hydrogen) atoms. The van der Waals surface area contributed by atoms with E-state index in [1.165, 1.54) is 18.1 Å². The molecular weight excluding hydrogens is 438 g/mol. The van der Waals surface area contributed by atoms with E-state index in [4.69, 9.17) is 18.9 Å². The zero-order valence-electron chi connectivity index (χ0n) is 20.7. The van der Waals surface area contributed by atoms with Gasteiger partial charge in [0.05, 0.1) is 41.4 Å². The highest BCUT2D eigenvalue weighted by Crippen LogP contribution is 2.28. The van der Waals surface area contributed by atoms with Gasteiger partial charge < -0.3 is 28.7 Å². The third-order valence-electron chi connectivity index (χ3n) is 6.81. The van der Waals surface area contributed by atoms with Crippen LogP contribution in [0.1, 0.15) is 42.1 Å². The van der Waals surface area contributed by atoms with Crippen molar-refractivity contribution in [3.05, 3.63) is 29.3 Å². The van der Waals surface area contributed by atoms with Crippen molar-refractivity contribution in [1.29, 1.82) is 5.26 Å². The third-order valence-corrected chi connectivity index (χ3v) is 6.81. The van der Waals surface area contributed by atoms with Gasteiger partial charge in [0.25, 0.3) is 5.91 Å². The van der Waals surface area contributed by atoms with Crippen LogP contribution in [0.2, 0.25) is 0 Å². The lowest BCUT2D eigenvalue weighted by atomic mass is 9.98. The fraction of sp³-hybridized carbons (Fsp3) is 0.640. The van der Waals surface area contributed by atoms with E-state index < -0.39 is 12.0 Å². The number of benzene rings is 1. The van der Waals surface area contributed by atoms with Crippen LogP contribution in [-0.2, 0) is 19.0 Å². The molecule has 0 unspecified atom stereocenters. The number of ether oxygens (including phenoxy) is 4. The second kappa shape index (κ2) is 11.6. The van der Waals surface area contributed by atoms with Gasteiger partial charge in [-0.2, -0.15) is 5.26 Å². The molecule has 1 aromatic rings. The van der Waals surface area contributed by atoms with Crippen LogP contribution < -0.4 is 4.74 Å². The van der Waals surface area contributed by atoms with Crippen molar-refractivity contribution in [1.82, 2.24) is 9.80 Å². The summed E-state index contributed by atoms with van der Waals surface area (Å²) >= 11 is 0. The number of amides is 2. The lowest BCUT2D eigenvalue weighted by Crippen LogP contribution is -2.47. The Kier molecular flexibility index (Phi) is 8.89. The topological polar surface area (TPSA) is 101 Å². The predicted molar refractivity (Wildman–Crippen MR) is 125 cm³/mol. The van der Waals surface area contributed by atoms with Gasteiger partial charge in [0.15, 0.2) is 0 Å². The maximum Gasteiger partial charge on any atom is 0.257 e. The normalized spacial score (nSPS) is 29.2. The fourth-order valence-corrected chi connectivity index (χ4v) is 4.58. The minimum absolute atomic E-state index is 0.0233. The lowest BCUT2D eigenvalue weighted by Gasteiger charge is -2.37. The Morgan fingerprint density at radius 1 is 1.06 bits per heavy atom. The summed E-state index contributed by atoms with van der Waals surface area (Å²) < 4.78 is 23.6. The van der Waals surface area contributed by atoms with Gasteiger partial charge in [-0.1, -0.05) is 6.92 Å². The molecule has 0 aliphatic carbocycles. The van der Waals surface area contributed by atoms with Crippen LogP contribution in [0.25, 0.3) is 0 Å². The average molecular weight is 474 g/mol. The number of nitriles is 1. The standard InChI is InChI=1S/C25H35N3O6/c1-16-22(32-5)14-28(3)25(30)19-12-17(13-26)6-8-20(19)33-15-23-21(31-4)9-7-18(34-23)10-11-27(2)24(16)29/h6,8,12,16,18,21-23H,7,9-11,14-15H2,1-5H3/t16-,18+,21+,22-,23-/m1/s1. The summed E-state index contributed by atoms with van der Waals surface area (Å²) in [6.07, 6.45) is 1.40. The van der Waals surface area contributed by atoms with Crippen LogP contribution in [0.5, 0.6) is 5.75 Å². The Bertz CT molecular complexity index is 916. The molecule has 2 amide bonds. The van der Waals surface area contributed by atoms with Gasteiger partial charge in [0.1, 0.15) is 18.5 Å². The van der Waals surface area contributed by atoms with E-state index in [9.17, 15) is 14.9 Å². The molecule has 0 N–H and O–H groups in total. The number of fused-ring (bicyclic) bond motifs is 3. The number of hydrogen-bond acceptors (Lipinski definition) is 7. The Labute approximate surface area is 201 Å². The summed E-state index contributed by atoms with van der Waals surface area (Å²) in [5, 5.41) is 9.36. The van der Waals surface area contributed by atoms with E-state index in [-0.39, 0.29) is 48.8 Å². The third kappa shape index (κ3) is 5.87. The van der Waals surface area contributed by atoms with Crippen molar-refractivity contribution in [2.45, 2.75) is 50.6 Å². The van der Waals surface area contributed by atoms with E-state index in [2.05, 4.69) is 6.07 Å². The molecule has 2 aliphatic rings. The summed E-state index contributed by atoms with van der Waals surface area (Å²) in [4.78, 5) is 29.7. The molecule has 2 aliphatic heterocycles. The molecule has 1 aromatic carbocycles. The summed E-state index contributed by atoms with van der Waals surface area (Å²) in [5.41, 5.74) is 0.636. The van der Waals surface area contributed by atoms with Gasteiger partial charge >= 0.3 is 0 Å². The van der Waals surface area contributed by atoms with Crippen molar-refractivity contribution >= 4 is 11.8 Å². The predicted octanol–water partition coefficient (Wildman–Crippen LogP) is 2.08. The summed E-state index contributed by atoms with van der Waals surface area (Å²) in [5.74, 6) is -0.434. The van der Waals surface area contributed by atoms with Gasteiger partial charge in [-0.15, -0.1) is 0 Å². The number of carbonyl (C=O) groups is 2. The molecule has 0 radical (unpaired) electrons. The first-order valence-electron chi connectivity index (χ1n) is 11.7. The summed E-state index contributed by atoms with van der Waals surface area (Å²) in [7, 11) is 6.62. The number of carbonyl (C=O) groups excluding carboxylic acids is 2. The summed E-state index contributed by atoms with van der Waals surface area (Å²) in [6, 6.07) is 6.86. The number of nitrogens with zero attached hydrogens (tertiary/aromatic N) is 3. The monoisotopic (exact) mass is 473 g/mol. The number of rotatable bonds is 2. The smallest absolute Gasteiger partial charge is 0.257 e. The van der Waals surface area contributed by atoms with Gasteiger partial charge in [-0.05, 0) is 37.5 Å². The van der Waals surface area contributed by atoms with Crippen molar-refractivity contribution in [3.8, 4) is 11.8 Å². The first-order valence-corrected chi connectivity index (χ1v) is 11.7. The van der Waals surface area contributed by atoms with Crippen molar-refractivity contribution < 1.29 is 28.5 Å². The first-order chi connectivity index (χ1) is 16.3. The van der Waals surface area contributed by atoms with Crippen molar-refractivity contribution in [3.63, 3.8) is 0 Å². The lowest BCUT2D eigenvalue weighted by molar-refractivity contribution is -0.147. The molecule has 1 fully saturated rings. The highest BCUT2D eigenvalue weighted by molar-refractivity contribution is 5.97. The van der Waals surface area contributed by atoms with Gasteiger partial charge in [-0.25, -0.2) is 0 Å². The quantitative estimate of drug-likeness (QED) is 0.648. The van der Waals surface area contributed by atoms with E-state index in [0.717, 1.165) is 12.8 Å². The molecule has 1 saturated heterocycles. The molecule has 3 rings (SSSR count). The van der Waals surface area contributed by atoms with Gasteiger partial charge in [0.2, 0.25) is 5.91 Å². The SMILES string of the molecule is CO[C@H]1CC[C@H]2CCN(C)C(=O)[C@H](C)[C@H](OC)CN(C)C(=O)c3cc(C#N)ccc3OC[C@H]1O2. The second-order valence-electron chi connectivity index (χ2n) is 9.08. The van der Waals surface area contributed by atoms with Gasteiger partial charge in [0, 0.05) is 41.4 Å². The fourth-order valence-electron chi connectivity index (χ4n) is 4.58. The van der Waals surface area contributed by atoms with Crippen LogP contribution in [-0.4, -0.2) is 94.0 Å². The largest absolute Gasteiger partial charge is 0.490 e. The maximum atomic E-state index is 13.4. The zero-order valence-corrected chi connectivity index (χ0v) is 20.7. The molecule has 0 saturated carbocycles.